The summed E-state index contributed by atoms with van der Waals surface area (Å²) in [7, 11) is 0. The molecule has 1 aliphatic rings. The van der Waals surface area contributed by atoms with Gasteiger partial charge in [0.05, 0.1) is 0 Å². The summed E-state index contributed by atoms with van der Waals surface area (Å²) in [6, 6.07) is -0.762. The molecule has 5 heteroatoms. The Kier molecular flexibility index (Phi) is 3.69. The second-order valence-electron chi connectivity index (χ2n) is 3.23. The standard InChI is InChI=1S/C9H12BrNO3/c1-2-3-7(9(13)14)11-5-6(10)4-8(11)12/h2,6-7H,1,3-5H2,(H,13,14)/t6?,7-/m0/s1. The Balaban J connectivity index is 2.73. The number of nitrogens with zero attached hydrogens (tertiary/aromatic N) is 1. The first-order valence-electron chi connectivity index (χ1n) is 4.33. The van der Waals surface area contributed by atoms with E-state index < -0.39 is 12.0 Å². The molecule has 0 spiro atoms. The van der Waals surface area contributed by atoms with Crippen LogP contribution in [0.4, 0.5) is 0 Å². The summed E-state index contributed by atoms with van der Waals surface area (Å²) in [6.45, 7) is 3.95. The minimum atomic E-state index is -0.972. The van der Waals surface area contributed by atoms with Crippen LogP contribution in [0.1, 0.15) is 12.8 Å². The fourth-order valence-corrected chi connectivity index (χ4v) is 2.10. The van der Waals surface area contributed by atoms with Crippen LogP contribution < -0.4 is 0 Å². The van der Waals surface area contributed by atoms with Gasteiger partial charge < -0.3 is 10.0 Å². The highest BCUT2D eigenvalue weighted by Crippen LogP contribution is 2.21. The van der Waals surface area contributed by atoms with Crippen LogP contribution in [0.25, 0.3) is 0 Å². The van der Waals surface area contributed by atoms with E-state index in [0.29, 0.717) is 19.4 Å². The molecule has 0 bridgehead atoms. The summed E-state index contributed by atoms with van der Waals surface area (Å²) in [5.41, 5.74) is 0. The number of carboxylic acids is 1. The number of hydrogen-bond donors (Lipinski definition) is 1. The van der Waals surface area contributed by atoms with Crippen LogP contribution >= 0.6 is 15.9 Å². The van der Waals surface area contributed by atoms with Crippen LogP contribution in [0.15, 0.2) is 12.7 Å². The molecular formula is C9H12BrNO3. The van der Waals surface area contributed by atoms with E-state index in [9.17, 15) is 9.59 Å². The molecule has 0 aromatic rings. The molecule has 0 aliphatic carbocycles. The Morgan fingerprint density at radius 1 is 1.86 bits per heavy atom. The van der Waals surface area contributed by atoms with Gasteiger partial charge in [0.1, 0.15) is 6.04 Å². The van der Waals surface area contributed by atoms with Crippen molar-refractivity contribution in [2.45, 2.75) is 23.7 Å². The molecule has 1 amide bonds. The van der Waals surface area contributed by atoms with E-state index in [2.05, 4.69) is 22.5 Å². The molecule has 0 saturated carbocycles. The lowest BCUT2D eigenvalue weighted by Gasteiger charge is -2.22. The number of amides is 1. The normalized spacial score (nSPS) is 23.6. The van der Waals surface area contributed by atoms with Crippen molar-refractivity contribution in [2.24, 2.45) is 0 Å². The number of hydrogen-bond acceptors (Lipinski definition) is 2. The summed E-state index contributed by atoms with van der Waals surface area (Å²) in [6.07, 6.45) is 2.19. The van der Waals surface area contributed by atoms with E-state index in [-0.39, 0.29) is 10.7 Å². The van der Waals surface area contributed by atoms with Crippen LogP contribution in [0, 0.1) is 0 Å². The Morgan fingerprint density at radius 3 is 2.86 bits per heavy atom. The van der Waals surface area contributed by atoms with Crippen molar-refractivity contribution in [2.75, 3.05) is 6.54 Å². The van der Waals surface area contributed by atoms with E-state index in [1.54, 1.807) is 0 Å². The second kappa shape index (κ2) is 4.59. The molecule has 14 heavy (non-hydrogen) atoms. The second-order valence-corrected chi connectivity index (χ2v) is 4.52. The van der Waals surface area contributed by atoms with Crippen molar-refractivity contribution in [3.63, 3.8) is 0 Å². The number of likely N-dealkylation sites (tertiary alicyclic amines) is 1. The number of halogens is 1. The average molecular weight is 262 g/mol. The molecule has 0 radical (unpaired) electrons. The molecule has 4 nitrogen and oxygen atoms in total. The fourth-order valence-electron chi connectivity index (χ4n) is 1.51. The Labute approximate surface area is 90.7 Å². The molecular weight excluding hydrogens is 250 g/mol. The maximum Gasteiger partial charge on any atom is 0.326 e. The van der Waals surface area contributed by atoms with Crippen molar-refractivity contribution >= 4 is 27.8 Å². The molecule has 78 valence electrons. The highest BCUT2D eigenvalue weighted by atomic mass is 79.9. The first-order chi connectivity index (χ1) is 6.56. The lowest BCUT2D eigenvalue weighted by atomic mass is 10.2. The van der Waals surface area contributed by atoms with Gasteiger partial charge in [0.2, 0.25) is 5.91 Å². The molecule has 1 saturated heterocycles. The summed E-state index contributed by atoms with van der Waals surface area (Å²) >= 11 is 3.31. The predicted molar refractivity (Wildman–Crippen MR) is 55.3 cm³/mol. The van der Waals surface area contributed by atoms with Gasteiger partial charge in [-0.25, -0.2) is 4.79 Å². The fraction of sp³-hybridized carbons (Fsp3) is 0.556. The minimum Gasteiger partial charge on any atom is -0.480 e. The molecule has 1 N–H and O–H groups in total. The van der Waals surface area contributed by atoms with Gasteiger partial charge in [-0.05, 0) is 6.42 Å². The Bertz CT molecular complexity index is 267. The number of rotatable bonds is 4. The highest BCUT2D eigenvalue weighted by molar-refractivity contribution is 9.09. The Hall–Kier alpha value is -0.840. The number of alkyl halides is 1. The lowest BCUT2D eigenvalue weighted by Crippen LogP contribution is -2.41. The van der Waals surface area contributed by atoms with E-state index in [1.807, 2.05) is 0 Å². The van der Waals surface area contributed by atoms with Gasteiger partial charge in [-0.2, -0.15) is 0 Å². The molecule has 2 atom stereocenters. The quantitative estimate of drug-likeness (QED) is 0.607. The largest absolute Gasteiger partial charge is 0.480 e. The number of aliphatic carboxylic acids is 1. The van der Waals surface area contributed by atoms with Crippen molar-refractivity contribution in [1.29, 1.82) is 0 Å². The third-order valence-electron chi connectivity index (χ3n) is 2.16. The maximum atomic E-state index is 11.4. The van der Waals surface area contributed by atoms with Gasteiger partial charge in [0.15, 0.2) is 0 Å². The van der Waals surface area contributed by atoms with Gasteiger partial charge in [-0.1, -0.05) is 22.0 Å². The molecule has 1 heterocycles. The van der Waals surface area contributed by atoms with Gasteiger partial charge in [0, 0.05) is 17.8 Å². The molecule has 0 aromatic carbocycles. The minimum absolute atomic E-state index is 0.0710. The van der Waals surface area contributed by atoms with E-state index in [1.165, 1.54) is 11.0 Å². The topological polar surface area (TPSA) is 57.6 Å². The first kappa shape index (κ1) is 11.2. The molecule has 1 unspecified atom stereocenters. The summed E-state index contributed by atoms with van der Waals surface area (Å²) in [4.78, 5) is 23.7. The van der Waals surface area contributed by atoms with Crippen molar-refractivity contribution in [3.8, 4) is 0 Å². The number of carbonyl (C=O) groups excluding carboxylic acids is 1. The zero-order valence-corrected chi connectivity index (χ0v) is 9.24. The predicted octanol–water partition coefficient (Wildman–Crippen LogP) is 1.01. The summed E-state index contributed by atoms with van der Waals surface area (Å²) in [5.74, 6) is -1.08. The zero-order valence-electron chi connectivity index (χ0n) is 7.65. The highest BCUT2D eigenvalue weighted by Gasteiger charge is 2.35. The van der Waals surface area contributed by atoms with Gasteiger partial charge in [-0.3, -0.25) is 4.79 Å². The van der Waals surface area contributed by atoms with Crippen molar-refractivity contribution < 1.29 is 14.7 Å². The monoisotopic (exact) mass is 261 g/mol. The van der Waals surface area contributed by atoms with Crippen LogP contribution in [-0.4, -0.2) is 39.3 Å². The molecule has 0 aromatic heterocycles. The zero-order chi connectivity index (χ0) is 10.7. The third-order valence-corrected chi connectivity index (χ3v) is 2.78. The van der Waals surface area contributed by atoms with Gasteiger partial charge in [0.25, 0.3) is 0 Å². The molecule has 1 aliphatic heterocycles. The summed E-state index contributed by atoms with van der Waals surface area (Å²) in [5, 5.41) is 8.91. The van der Waals surface area contributed by atoms with E-state index >= 15 is 0 Å². The van der Waals surface area contributed by atoms with Crippen LogP contribution in [-0.2, 0) is 9.59 Å². The van der Waals surface area contributed by atoms with Crippen LogP contribution in [0.3, 0.4) is 0 Å². The number of carbonyl (C=O) groups is 2. The summed E-state index contributed by atoms with van der Waals surface area (Å²) < 4.78 is 0. The number of carboxylic acid groups (broad SMARTS) is 1. The van der Waals surface area contributed by atoms with Crippen LogP contribution in [0.5, 0.6) is 0 Å². The third kappa shape index (κ3) is 2.35. The maximum absolute atomic E-state index is 11.4. The van der Waals surface area contributed by atoms with Gasteiger partial charge in [-0.15, -0.1) is 6.58 Å². The first-order valence-corrected chi connectivity index (χ1v) is 5.25. The Morgan fingerprint density at radius 2 is 2.50 bits per heavy atom. The average Bonchev–Trinajstić information content (AvgIpc) is 2.40. The van der Waals surface area contributed by atoms with Crippen molar-refractivity contribution in [1.82, 2.24) is 4.90 Å². The van der Waals surface area contributed by atoms with Gasteiger partial charge >= 0.3 is 5.97 Å². The SMILES string of the molecule is C=CC[C@@H](C(=O)O)N1CC(Br)CC1=O. The van der Waals surface area contributed by atoms with Crippen LogP contribution in [0.2, 0.25) is 0 Å². The van der Waals surface area contributed by atoms with Crippen molar-refractivity contribution in [3.05, 3.63) is 12.7 Å². The lowest BCUT2D eigenvalue weighted by molar-refractivity contribution is -0.148. The molecule has 1 fully saturated rings. The van der Waals surface area contributed by atoms with E-state index in [0.717, 1.165) is 0 Å². The smallest absolute Gasteiger partial charge is 0.326 e. The molecule has 1 rings (SSSR count). The van der Waals surface area contributed by atoms with E-state index in [4.69, 9.17) is 5.11 Å².